The van der Waals surface area contributed by atoms with Crippen molar-refractivity contribution in [1.82, 2.24) is 0 Å². The summed E-state index contributed by atoms with van der Waals surface area (Å²) in [6, 6.07) is 15.4. The third kappa shape index (κ3) is 3.52. The van der Waals surface area contributed by atoms with Crippen LogP contribution in [0.1, 0.15) is 16.7 Å². The van der Waals surface area contributed by atoms with Crippen LogP contribution in [0, 0.1) is 25.2 Å². The number of rotatable bonds is 5. The molecule has 0 aliphatic carbocycles. The molecule has 2 rings (SSSR count). The third-order valence-electron chi connectivity index (χ3n) is 2.95. The van der Waals surface area contributed by atoms with Gasteiger partial charge in [-0.15, -0.1) is 0 Å². The topological polar surface area (TPSA) is 42.2 Å². The Morgan fingerprint density at radius 1 is 0.950 bits per heavy atom. The van der Waals surface area contributed by atoms with Crippen molar-refractivity contribution < 1.29 is 9.47 Å². The van der Waals surface area contributed by atoms with Gasteiger partial charge in [0.25, 0.3) is 0 Å². The molecule has 0 heterocycles. The number of hydrogen-bond donors (Lipinski definition) is 0. The minimum atomic E-state index is 0.409. The minimum Gasteiger partial charge on any atom is -0.490 e. The Morgan fingerprint density at radius 2 is 1.65 bits per heavy atom. The number of benzene rings is 2. The van der Waals surface area contributed by atoms with Crippen LogP contribution in [0.3, 0.4) is 0 Å². The molecule has 2 aromatic rings. The van der Waals surface area contributed by atoms with Gasteiger partial charge in [0.1, 0.15) is 30.8 Å². The first kappa shape index (κ1) is 14.0. The maximum absolute atomic E-state index is 8.96. The van der Waals surface area contributed by atoms with E-state index in [0.29, 0.717) is 24.5 Å². The molecule has 3 nitrogen and oxygen atoms in total. The molecule has 0 aliphatic rings. The molecule has 0 atom stereocenters. The maximum Gasteiger partial charge on any atom is 0.137 e. The highest BCUT2D eigenvalue weighted by Gasteiger charge is 2.03. The zero-order chi connectivity index (χ0) is 14.4. The van der Waals surface area contributed by atoms with E-state index in [1.54, 1.807) is 12.1 Å². The predicted octanol–water partition coefficient (Wildman–Crippen LogP) is 3.63. The summed E-state index contributed by atoms with van der Waals surface area (Å²) in [5.74, 6) is 1.47. The number of aryl methyl sites for hydroxylation is 2. The highest BCUT2D eigenvalue weighted by Crippen LogP contribution is 2.19. The molecule has 0 aromatic heterocycles. The Labute approximate surface area is 119 Å². The van der Waals surface area contributed by atoms with Crippen LogP contribution in [0.5, 0.6) is 11.5 Å². The van der Waals surface area contributed by atoms with E-state index in [1.165, 1.54) is 5.56 Å². The highest BCUT2D eigenvalue weighted by atomic mass is 16.5. The lowest BCUT2D eigenvalue weighted by molar-refractivity contribution is 0.216. The molecule has 3 heteroatoms. The van der Waals surface area contributed by atoms with Crippen LogP contribution in [0.15, 0.2) is 42.5 Å². The van der Waals surface area contributed by atoms with E-state index < -0.39 is 0 Å². The van der Waals surface area contributed by atoms with Crippen LogP contribution in [0.2, 0.25) is 0 Å². The molecule has 0 fully saturated rings. The molecule has 0 amide bonds. The zero-order valence-electron chi connectivity index (χ0n) is 11.7. The smallest absolute Gasteiger partial charge is 0.137 e. The van der Waals surface area contributed by atoms with E-state index in [-0.39, 0.29) is 0 Å². The van der Waals surface area contributed by atoms with E-state index in [0.717, 1.165) is 11.3 Å². The maximum atomic E-state index is 8.96. The largest absolute Gasteiger partial charge is 0.490 e. The van der Waals surface area contributed by atoms with Crippen molar-refractivity contribution in [2.75, 3.05) is 13.2 Å². The van der Waals surface area contributed by atoms with Gasteiger partial charge >= 0.3 is 0 Å². The van der Waals surface area contributed by atoms with Crippen molar-refractivity contribution >= 4 is 0 Å². The van der Waals surface area contributed by atoms with Gasteiger partial charge in [-0.1, -0.05) is 24.3 Å². The van der Waals surface area contributed by atoms with Gasteiger partial charge in [0.2, 0.25) is 0 Å². The molecule has 0 saturated heterocycles. The lowest BCUT2D eigenvalue weighted by Crippen LogP contribution is -2.10. The first-order valence-corrected chi connectivity index (χ1v) is 6.52. The molecule has 0 radical (unpaired) electrons. The summed E-state index contributed by atoms with van der Waals surface area (Å²) in [6.45, 7) is 4.91. The molecule has 0 N–H and O–H groups in total. The van der Waals surface area contributed by atoms with Crippen molar-refractivity contribution in [3.8, 4) is 17.6 Å². The second-order valence-electron chi connectivity index (χ2n) is 4.57. The molecule has 0 unspecified atom stereocenters. The SMILES string of the molecule is Cc1ccc(C)c(OCCOc2ccccc2C#N)c1. The molecule has 102 valence electrons. The lowest BCUT2D eigenvalue weighted by Gasteiger charge is -2.11. The van der Waals surface area contributed by atoms with Gasteiger partial charge < -0.3 is 9.47 Å². The normalized spacial score (nSPS) is 9.85. The van der Waals surface area contributed by atoms with E-state index >= 15 is 0 Å². The Balaban J connectivity index is 1.88. The van der Waals surface area contributed by atoms with Crippen LogP contribution in [0.25, 0.3) is 0 Å². The van der Waals surface area contributed by atoms with Crippen LogP contribution < -0.4 is 9.47 Å². The summed E-state index contributed by atoms with van der Waals surface area (Å²) in [4.78, 5) is 0. The first-order chi connectivity index (χ1) is 9.70. The van der Waals surface area contributed by atoms with Gasteiger partial charge in [0, 0.05) is 0 Å². The number of ether oxygens (including phenoxy) is 2. The summed E-state index contributed by atoms with van der Waals surface area (Å²) in [7, 11) is 0. The Bertz CT molecular complexity index is 629. The zero-order valence-corrected chi connectivity index (χ0v) is 11.7. The molecule has 0 spiro atoms. The second-order valence-corrected chi connectivity index (χ2v) is 4.57. The van der Waals surface area contributed by atoms with Gasteiger partial charge in [-0.05, 0) is 43.2 Å². The Kier molecular flexibility index (Phi) is 4.62. The first-order valence-electron chi connectivity index (χ1n) is 6.52. The molecule has 20 heavy (non-hydrogen) atoms. The minimum absolute atomic E-state index is 0.409. The van der Waals surface area contributed by atoms with Crippen molar-refractivity contribution in [3.63, 3.8) is 0 Å². The molecule has 0 bridgehead atoms. The number of nitriles is 1. The fourth-order valence-corrected chi connectivity index (χ4v) is 1.85. The van der Waals surface area contributed by atoms with Gasteiger partial charge in [-0.25, -0.2) is 0 Å². The molecule has 0 saturated carbocycles. The van der Waals surface area contributed by atoms with Gasteiger partial charge in [-0.3, -0.25) is 0 Å². The van der Waals surface area contributed by atoms with Crippen LogP contribution in [-0.2, 0) is 0 Å². The van der Waals surface area contributed by atoms with Crippen molar-refractivity contribution in [2.45, 2.75) is 13.8 Å². The highest BCUT2D eigenvalue weighted by molar-refractivity contribution is 5.42. The van der Waals surface area contributed by atoms with E-state index in [9.17, 15) is 0 Å². The fraction of sp³-hybridized carbons (Fsp3) is 0.235. The lowest BCUT2D eigenvalue weighted by atomic mass is 10.1. The van der Waals surface area contributed by atoms with E-state index in [4.69, 9.17) is 14.7 Å². The van der Waals surface area contributed by atoms with Gasteiger partial charge in [-0.2, -0.15) is 5.26 Å². The quantitative estimate of drug-likeness (QED) is 0.777. The van der Waals surface area contributed by atoms with Crippen molar-refractivity contribution in [3.05, 3.63) is 59.2 Å². The number of hydrogen-bond acceptors (Lipinski definition) is 3. The molecular weight excluding hydrogens is 250 g/mol. The third-order valence-corrected chi connectivity index (χ3v) is 2.95. The van der Waals surface area contributed by atoms with E-state index in [2.05, 4.69) is 12.1 Å². The van der Waals surface area contributed by atoms with Gasteiger partial charge in [0.05, 0.1) is 5.56 Å². The summed E-state index contributed by atoms with van der Waals surface area (Å²) in [5.41, 5.74) is 2.81. The standard InChI is InChI=1S/C17H17NO2/c1-13-7-8-14(2)17(11-13)20-10-9-19-16-6-4-3-5-15(16)12-18/h3-8,11H,9-10H2,1-2H3. The summed E-state index contributed by atoms with van der Waals surface area (Å²) in [6.07, 6.45) is 0. The second kappa shape index (κ2) is 6.63. The predicted molar refractivity (Wildman–Crippen MR) is 78.1 cm³/mol. The summed E-state index contributed by atoms with van der Waals surface area (Å²) < 4.78 is 11.3. The van der Waals surface area contributed by atoms with E-state index in [1.807, 2.05) is 38.1 Å². The molecule has 0 aliphatic heterocycles. The molecule has 2 aromatic carbocycles. The number of nitrogens with zero attached hydrogens (tertiary/aromatic N) is 1. The van der Waals surface area contributed by atoms with Crippen LogP contribution in [-0.4, -0.2) is 13.2 Å². The van der Waals surface area contributed by atoms with Crippen molar-refractivity contribution in [1.29, 1.82) is 5.26 Å². The van der Waals surface area contributed by atoms with Crippen LogP contribution >= 0.6 is 0 Å². The van der Waals surface area contributed by atoms with Gasteiger partial charge in [0.15, 0.2) is 0 Å². The fourth-order valence-electron chi connectivity index (χ4n) is 1.85. The Morgan fingerprint density at radius 3 is 2.40 bits per heavy atom. The average molecular weight is 267 g/mol. The van der Waals surface area contributed by atoms with Crippen molar-refractivity contribution in [2.24, 2.45) is 0 Å². The number of para-hydroxylation sites is 1. The summed E-state index contributed by atoms with van der Waals surface area (Å²) >= 11 is 0. The summed E-state index contributed by atoms with van der Waals surface area (Å²) in [5, 5.41) is 8.96. The monoisotopic (exact) mass is 267 g/mol. The average Bonchev–Trinajstić information content (AvgIpc) is 2.47. The van der Waals surface area contributed by atoms with Crippen LogP contribution in [0.4, 0.5) is 0 Å². The molecular formula is C17H17NO2. The Hall–Kier alpha value is -2.47.